The molecule has 0 unspecified atom stereocenters. The molecule has 0 bridgehead atoms. The normalized spacial score (nSPS) is 12.1. The fourth-order valence-corrected chi connectivity index (χ4v) is 1.31. The third-order valence-electron chi connectivity index (χ3n) is 2.47. The van der Waals surface area contributed by atoms with E-state index in [-0.39, 0.29) is 11.8 Å². The molecule has 0 aromatic heterocycles. The van der Waals surface area contributed by atoms with Gasteiger partial charge in [-0.1, -0.05) is 0 Å². The van der Waals surface area contributed by atoms with Crippen molar-refractivity contribution in [2.45, 2.75) is 43.6 Å². The fourth-order valence-electron chi connectivity index (χ4n) is 1.00. The molecular formula is C11H22N2O4S2. The van der Waals surface area contributed by atoms with Crippen LogP contribution in [0.2, 0.25) is 0 Å². The van der Waals surface area contributed by atoms with Gasteiger partial charge in [-0.25, -0.2) is 0 Å². The number of hydrogen-bond acceptors (Lipinski definition) is 6. The predicted octanol–water partition coefficient (Wildman–Crippen LogP) is 1.58. The van der Waals surface area contributed by atoms with Crippen LogP contribution in [0.1, 0.15) is 34.1 Å². The summed E-state index contributed by atoms with van der Waals surface area (Å²) in [5.74, 6) is -0.504. The van der Waals surface area contributed by atoms with Crippen molar-refractivity contribution in [1.29, 1.82) is 0 Å². The third kappa shape index (κ3) is 6.51. The van der Waals surface area contributed by atoms with Crippen LogP contribution in [0.5, 0.6) is 0 Å². The molecule has 0 atom stereocenters. The number of carbonyl (C=O) groups is 2. The highest BCUT2D eigenvalue weighted by Crippen LogP contribution is 2.21. The summed E-state index contributed by atoms with van der Waals surface area (Å²) in [6.45, 7) is 7.31. The summed E-state index contributed by atoms with van der Waals surface area (Å²) in [4.78, 5) is 23.2. The first kappa shape index (κ1) is 18.6. The van der Waals surface area contributed by atoms with E-state index in [9.17, 15) is 9.59 Å². The molecule has 0 heterocycles. The summed E-state index contributed by atoms with van der Waals surface area (Å²) in [6, 6.07) is 0. The lowest BCUT2D eigenvalue weighted by atomic mass is 10.2. The van der Waals surface area contributed by atoms with E-state index in [0.29, 0.717) is 43.6 Å². The largest absolute Gasteiger partial charge is 0.355 e. The molecule has 0 aromatic carbocycles. The Labute approximate surface area is 122 Å². The van der Waals surface area contributed by atoms with E-state index in [4.69, 9.17) is 9.11 Å². The average Bonchev–Trinajstić information content (AvgIpc) is 2.37. The minimum Gasteiger partial charge on any atom is -0.355 e. The maximum absolute atomic E-state index is 11.6. The highest BCUT2D eigenvalue weighted by molar-refractivity contribution is 7.96. The van der Waals surface area contributed by atoms with Crippen molar-refractivity contribution in [3.8, 4) is 0 Å². The second-order valence-electron chi connectivity index (χ2n) is 5.07. The van der Waals surface area contributed by atoms with Crippen LogP contribution in [0.15, 0.2) is 0 Å². The first-order valence-electron chi connectivity index (χ1n) is 5.89. The van der Waals surface area contributed by atoms with Gasteiger partial charge in [-0.05, 0) is 34.1 Å². The van der Waals surface area contributed by atoms with E-state index >= 15 is 0 Å². The highest BCUT2D eigenvalue weighted by Gasteiger charge is 2.28. The summed E-state index contributed by atoms with van der Waals surface area (Å²) in [5, 5.41) is 5.35. The molecule has 0 saturated carbocycles. The molecule has 4 N–H and O–H groups in total. The zero-order valence-electron chi connectivity index (χ0n) is 11.6. The molecule has 0 radical (unpaired) electrons. The first-order chi connectivity index (χ1) is 8.67. The van der Waals surface area contributed by atoms with E-state index in [2.05, 4.69) is 10.6 Å². The summed E-state index contributed by atoms with van der Waals surface area (Å²) in [7, 11) is 0. The van der Waals surface area contributed by atoms with Gasteiger partial charge in [0.15, 0.2) is 0 Å². The van der Waals surface area contributed by atoms with E-state index in [1.165, 1.54) is 0 Å². The molecule has 0 fully saturated rings. The molecule has 112 valence electrons. The molecule has 6 nitrogen and oxygen atoms in total. The van der Waals surface area contributed by atoms with Gasteiger partial charge in [-0.2, -0.15) is 0 Å². The Balaban J connectivity index is 3.84. The molecule has 0 spiro atoms. The predicted molar refractivity (Wildman–Crippen MR) is 79.2 cm³/mol. The van der Waals surface area contributed by atoms with Gasteiger partial charge in [-0.15, -0.1) is 0 Å². The molecule has 8 heteroatoms. The van der Waals surface area contributed by atoms with E-state index in [1.54, 1.807) is 27.7 Å². The van der Waals surface area contributed by atoms with Crippen LogP contribution >= 0.6 is 24.1 Å². The van der Waals surface area contributed by atoms with Gasteiger partial charge in [0, 0.05) is 37.2 Å². The van der Waals surface area contributed by atoms with Gasteiger partial charge in [0.2, 0.25) is 11.8 Å². The Morgan fingerprint density at radius 3 is 1.47 bits per heavy atom. The highest BCUT2D eigenvalue weighted by atomic mass is 32.2. The number of amides is 2. The number of rotatable bonds is 8. The van der Waals surface area contributed by atoms with Crippen molar-refractivity contribution in [3.63, 3.8) is 0 Å². The van der Waals surface area contributed by atoms with Crippen LogP contribution in [-0.2, 0) is 9.59 Å². The van der Waals surface area contributed by atoms with E-state index in [1.807, 2.05) is 0 Å². The summed E-state index contributed by atoms with van der Waals surface area (Å²) in [5.41, 5.74) is 0. The van der Waals surface area contributed by atoms with Gasteiger partial charge in [0.1, 0.15) is 9.49 Å². The molecule has 0 rings (SSSR count). The second-order valence-corrected chi connectivity index (χ2v) is 7.47. The fraction of sp³-hybridized carbons (Fsp3) is 0.818. The SMILES string of the molecule is CC(C)(SO)C(=O)NCCCNC(=O)C(C)(C)SO. The number of nitrogens with one attached hydrogen (secondary N) is 2. The lowest BCUT2D eigenvalue weighted by Crippen LogP contribution is -2.42. The molecule has 0 aliphatic rings. The minimum atomic E-state index is -0.876. The Hall–Kier alpha value is -0.440. The van der Waals surface area contributed by atoms with Gasteiger partial charge < -0.3 is 19.7 Å². The van der Waals surface area contributed by atoms with Crippen molar-refractivity contribution < 1.29 is 18.7 Å². The van der Waals surface area contributed by atoms with Crippen LogP contribution in [-0.4, -0.2) is 43.5 Å². The zero-order chi connectivity index (χ0) is 15.1. The minimum absolute atomic E-state index is 0.252. The summed E-state index contributed by atoms with van der Waals surface area (Å²) < 4.78 is 16.1. The molecule has 0 aromatic rings. The zero-order valence-corrected chi connectivity index (χ0v) is 13.3. The lowest BCUT2D eigenvalue weighted by Gasteiger charge is -2.20. The molecule has 0 aliphatic carbocycles. The van der Waals surface area contributed by atoms with Crippen LogP contribution in [0.4, 0.5) is 0 Å². The molecular weight excluding hydrogens is 288 g/mol. The van der Waals surface area contributed by atoms with Crippen LogP contribution in [0, 0.1) is 0 Å². The maximum Gasteiger partial charge on any atom is 0.238 e. The van der Waals surface area contributed by atoms with Gasteiger partial charge >= 0.3 is 0 Å². The van der Waals surface area contributed by atoms with Crippen LogP contribution < -0.4 is 10.6 Å². The molecule has 2 amide bonds. The monoisotopic (exact) mass is 310 g/mol. The number of hydrogen-bond donors (Lipinski definition) is 4. The van der Waals surface area contributed by atoms with E-state index in [0.717, 1.165) is 0 Å². The Kier molecular flexibility index (Phi) is 7.80. The summed E-state index contributed by atoms with van der Waals surface area (Å²) >= 11 is 0.996. The van der Waals surface area contributed by atoms with Crippen LogP contribution in [0.3, 0.4) is 0 Å². The van der Waals surface area contributed by atoms with E-state index < -0.39 is 9.49 Å². The van der Waals surface area contributed by atoms with Crippen molar-refractivity contribution in [1.82, 2.24) is 10.6 Å². The van der Waals surface area contributed by atoms with Crippen molar-refractivity contribution in [3.05, 3.63) is 0 Å². The topological polar surface area (TPSA) is 98.7 Å². The third-order valence-corrected chi connectivity index (χ3v) is 3.76. The average molecular weight is 310 g/mol. The molecule has 0 aliphatic heterocycles. The van der Waals surface area contributed by atoms with Crippen molar-refractivity contribution in [2.24, 2.45) is 0 Å². The summed E-state index contributed by atoms with van der Waals surface area (Å²) in [6.07, 6.45) is 0.579. The standard InChI is InChI=1S/C11H22N2O4S2/c1-10(2,18-16)8(14)12-6-5-7-13-9(15)11(3,4)19-17/h16-17H,5-7H2,1-4H3,(H,12,14)(H,13,15). The Morgan fingerprint density at radius 2 is 1.21 bits per heavy atom. The lowest BCUT2D eigenvalue weighted by molar-refractivity contribution is -0.123. The quantitative estimate of drug-likeness (QED) is 0.401. The van der Waals surface area contributed by atoms with Gasteiger partial charge in [0.05, 0.1) is 0 Å². The Bertz CT molecular complexity index is 292. The van der Waals surface area contributed by atoms with Gasteiger partial charge in [0.25, 0.3) is 0 Å². The van der Waals surface area contributed by atoms with Crippen molar-refractivity contribution in [2.75, 3.05) is 13.1 Å². The smallest absolute Gasteiger partial charge is 0.238 e. The second kappa shape index (κ2) is 7.98. The van der Waals surface area contributed by atoms with Crippen molar-refractivity contribution >= 4 is 35.9 Å². The number of carbonyl (C=O) groups excluding carboxylic acids is 2. The molecule has 0 saturated heterocycles. The first-order valence-corrected chi connectivity index (χ1v) is 7.44. The molecule has 19 heavy (non-hydrogen) atoms. The van der Waals surface area contributed by atoms with Gasteiger partial charge in [-0.3, -0.25) is 9.59 Å². The van der Waals surface area contributed by atoms with Crippen LogP contribution in [0.25, 0.3) is 0 Å². The Morgan fingerprint density at radius 1 is 0.895 bits per heavy atom. The maximum atomic E-state index is 11.6.